The fourth-order valence-electron chi connectivity index (χ4n) is 3.57. The van der Waals surface area contributed by atoms with Gasteiger partial charge in [0.2, 0.25) is 21.8 Å². The summed E-state index contributed by atoms with van der Waals surface area (Å²) in [6, 6.07) is 5.48. The molecule has 0 saturated carbocycles. The van der Waals surface area contributed by atoms with Gasteiger partial charge >= 0.3 is 0 Å². The second kappa shape index (κ2) is 7.98. The van der Waals surface area contributed by atoms with Gasteiger partial charge < -0.3 is 9.80 Å². The first-order valence-corrected chi connectivity index (χ1v) is 11.0. The van der Waals surface area contributed by atoms with Gasteiger partial charge in [-0.05, 0) is 49.4 Å². The van der Waals surface area contributed by atoms with Gasteiger partial charge in [0.25, 0.3) is 0 Å². The minimum absolute atomic E-state index is 0.0554. The summed E-state index contributed by atoms with van der Waals surface area (Å²) in [6.07, 6.45) is 3.26. The second-order valence-corrected chi connectivity index (χ2v) is 9.23. The fraction of sp³-hybridized carbons (Fsp3) is 0.579. The van der Waals surface area contributed by atoms with Gasteiger partial charge in [-0.25, -0.2) is 8.42 Å². The Bertz CT molecular complexity index is 799. The molecule has 2 fully saturated rings. The van der Waals surface area contributed by atoms with Crippen LogP contribution in [0.5, 0.6) is 0 Å². The van der Waals surface area contributed by atoms with Crippen molar-refractivity contribution in [3.05, 3.63) is 24.3 Å². The molecule has 0 aromatic heterocycles. The topological polar surface area (TPSA) is 86.8 Å². The van der Waals surface area contributed by atoms with Crippen LogP contribution in [0.25, 0.3) is 0 Å². The van der Waals surface area contributed by atoms with E-state index in [9.17, 15) is 18.0 Å². The lowest BCUT2D eigenvalue weighted by Gasteiger charge is -2.26. The van der Waals surface area contributed by atoms with Gasteiger partial charge in [-0.15, -0.1) is 0 Å². The van der Waals surface area contributed by atoms with Crippen LogP contribution >= 0.6 is 0 Å². The Morgan fingerprint density at radius 1 is 1.04 bits per heavy atom. The molecule has 0 spiro atoms. The Balaban J connectivity index is 1.76. The first-order chi connectivity index (χ1) is 12.8. The third-order valence-corrected chi connectivity index (χ3v) is 6.62. The number of sulfonamides is 1. The van der Waals surface area contributed by atoms with E-state index in [0.717, 1.165) is 19.3 Å². The third kappa shape index (κ3) is 4.32. The first-order valence-electron chi connectivity index (χ1n) is 9.51. The van der Waals surface area contributed by atoms with E-state index in [0.29, 0.717) is 31.7 Å². The molecule has 1 N–H and O–H groups in total. The summed E-state index contributed by atoms with van der Waals surface area (Å²) in [5.74, 6) is -0.264. The fourth-order valence-corrected chi connectivity index (χ4v) is 4.91. The molecular weight excluding hydrogens is 366 g/mol. The van der Waals surface area contributed by atoms with E-state index in [1.807, 2.05) is 13.8 Å². The molecule has 2 amide bonds. The number of nitrogens with one attached hydrogen (secondary N) is 1. The lowest BCUT2D eigenvalue weighted by Crippen LogP contribution is -2.50. The molecule has 148 valence electrons. The van der Waals surface area contributed by atoms with Crippen LogP contribution in [0.1, 0.15) is 39.5 Å². The van der Waals surface area contributed by atoms with Gasteiger partial charge in [-0.2, -0.15) is 4.72 Å². The van der Waals surface area contributed by atoms with Crippen molar-refractivity contribution >= 4 is 27.5 Å². The Morgan fingerprint density at radius 3 is 2.19 bits per heavy atom. The molecule has 27 heavy (non-hydrogen) atoms. The van der Waals surface area contributed by atoms with Crippen LogP contribution in [0.4, 0.5) is 5.69 Å². The highest BCUT2D eigenvalue weighted by atomic mass is 32.2. The lowest BCUT2D eigenvalue weighted by molar-refractivity contribution is -0.132. The number of carbonyl (C=O) groups excluding carboxylic acids is 2. The van der Waals surface area contributed by atoms with Gasteiger partial charge in [0, 0.05) is 31.7 Å². The predicted octanol–water partition coefficient (Wildman–Crippen LogP) is 1.74. The number of anilines is 1. The number of benzene rings is 1. The summed E-state index contributed by atoms with van der Waals surface area (Å²) >= 11 is 0. The number of hydrogen-bond donors (Lipinski definition) is 1. The Hall–Kier alpha value is -1.93. The minimum Gasteiger partial charge on any atom is -0.341 e. The van der Waals surface area contributed by atoms with Crippen molar-refractivity contribution in [1.82, 2.24) is 9.62 Å². The van der Waals surface area contributed by atoms with Crippen LogP contribution in [0.15, 0.2) is 29.2 Å². The van der Waals surface area contributed by atoms with Crippen LogP contribution in [-0.2, 0) is 19.6 Å². The quantitative estimate of drug-likeness (QED) is 0.798. The summed E-state index contributed by atoms with van der Waals surface area (Å²) in [4.78, 5) is 28.0. The monoisotopic (exact) mass is 393 g/mol. The lowest BCUT2D eigenvalue weighted by atomic mass is 10.0. The molecule has 0 radical (unpaired) electrons. The first kappa shape index (κ1) is 19.8. The van der Waals surface area contributed by atoms with Crippen molar-refractivity contribution in [2.45, 2.75) is 50.5 Å². The predicted molar refractivity (Wildman–Crippen MR) is 103 cm³/mol. The Labute approximate surface area is 160 Å². The Morgan fingerprint density at radius 2 is 1.67 bits per heavy atom. The highest BCUT2D eigenvalue weighted by Gasteiger charge is 2.32. The average Bonchev–Trinajstić information content (AvgIpc) is 3.31. The number of hydrogen-bond acceptors (Lipinski definition) is 4. The van der Waals surface area contributed by atoms with E-state index in [2.05, 4.69) is 4.72 Å². The van der Waals surface area contributed by atoms with E-state index < -0.39 is 16.1 Å². The van der Waals surface area contributed by atoms with Crippen LogP contribution in [-0.4, -0.2) is 50.8 Å². The van der Waals surface area contributed by atoms with E-state index in [4.69, 9.17) is 0 Å². The van der Waals surface area contributed by atoms with Crippen LogP contribution in [0.3, 0.4) is 0 Å². The van der Waals surface area contributed by atoms with Crippen molar-refractivity contribution in [3.63, 3.8) is 0 Å². The highest BCUT2D eigenvalue weighted by Crippen LogP contribution is 2.23. The number of likely N-dealkylation sites (tertiary alicyclic amines) is 1. The molecule has 1 aromatic rings. The third-order valence-electron chi connectivity index (χ3n) is 5.16. The summed E-state index contributed by atoms with van der Waals surface area (Å²) in [5.41, 5.74) is 0.699. The van der Waals surface area contributed by atoms with Crippen molar-refractivity contribution in [3.8, 4) is 0 Å². The number of carbonyl (C=O) groups is 2. The summed E-state index contributed by atoms with van der Waals surface area (Å²) in [5, 5.41) is 0. The average molecular weight is 394 g/mol. The van der Waals surface area contributed by atoms with E-state index in [1.54, 1.807) is 21.9 Å². The zero-order valence-corrected chi connectivity index (χ0v) is 16.7. The molecule has 8 heteroatoms. The standard InChI is InChI=1S/C19H27N3O4S/c1-14(2)18(19(24)21-11-3-4-12-21)20-27(25,26)16-9-7-15(8-10-16)22-13-5-6-17(22)23/h7-10,14,18,20H,3-6,11-13H2,1-2H3/t18-/m1/s1. The molecule has 2 saturated heterocycles. The number of nitrogens with zero attached hydrogens (tertiary/aromatic N) is 2. The van der Waals surface area contributed by atoms with Gasteiger partial charge in [-0.1, -0.05) is 13.8 Å². The van der Waals surface area contributed by atoms with E-state index in [1.165, 1.54) is 12.1 Å². The van der Waals surface area contributed by atoms with Crippen LogP contribution in [0, 0.1) is 5.92 Å². The summed E-state index contributed by atoms with van der Waals surface area (Å²) < 4.78 is 28.2. The molecule has 2 heterocycles. The van der Waals surface area contributed by atoms with Crippen molar-refractivity contribution in [2.24, 2.45) is 5.92 Å². The second-order valence-electron chi connectivity index (χ2n) is 7.52. The van der Waals surface area contributed by atoms with Gasteiger partial charge in [0.05, 0.1) is 4.90 Å². The van der Waals surface area contributed by atoms with Gasteiger partial charge in [-0.3, -0.25) is 9.59 Å². The van der Waals surface area contributed by atoms with Crippen molar-refractivity contribution in [2.75, 3.05) is 24.5 Å². The zero-order valence-electron chi connectivity index (χ0n) is 15.8. The van der Waals surface area contributed by atoms with Crippen LogP contribution in [0.2, 0.25) is 0 Å². The molecule has 3 rings (SSSR count). The summed E-state index contributed by atoms with van der Waals surface area (Å²) in [7, 11) is -3.83. The zero-order chi connectivity index (χ0) is 19.6. The van der Waals surface area contributed by atoms with Crippen molar-refractivity contribution < 1.29 is 18.0 Å². The normalized spacial score (nSPS) is 19.1. The highest BCUT2D eigenvalue weighted by molar-refractivity contribution is 7.89. The largest absolute Gasteiger partial charge is 0.341 e. The number of amides is 2. The van der Waals surface area contributed by atoms with Crippen molar-refractivity contribution in [1.29, 1.82) is 0 Å². The summed E-state index contributed by atoms with van der Waals surface area (Å²) in [6.45, 7) is 5.69. The van der Waals surface area contributed by atoms with Crippen LogP contribution < -0.4 is 9.62 Å². The van der Waals surface area contributed by atoms with E-state index >= 15 is 0 Å². The molecule has 1 atom stereocenters. The number of rotatable bonds is 6. The molecule has 7 nitrogen and oxygen atoms in total. The molecule has 2 aliphatic rings. The van der Waals surface area contributed by atoms with Gasteiger partial charge in [0.1, 0.15) is 6.04 Å². The SMILES string of the molecule is CC(C)[C@@H](NS(=O)(=O)c1ccc(N2CCCC2=O)cc1)C(=O)N1CCCC1. The molecule has 1 aromatic carbocycles. The molecule has 2 aliphatic heterocycles. The maximum absolute atomic E-state index is 12.8. The van der Waals surface area contributed by atoms with E-state index in [-0.39, 0.29) is 22.6 Å². The maximum atomic E-state index is 12.8. The molecule has 0 unspecified atom stereocenters. The smallest absolute Gasteiger partial charge is 0.241 e. The minimum atomic E-state index is -3.83. The molecule has 0 aliphatic carbocycles. The Kier molecular flexibility index (Phi) is 5.86. The van der Waals surface area contributed by atoms with Gasteiger partial charge in [0.15, 0.2) is 0 Å². The molecule has 0 bridgehead atoms. The maximum Gasteiger partial charge on any atom is 0.241 e. The molecular formula is C19H27N3O4S.